The molecule has 0 atom stereocenters. The van der Waals surface area contributed by atoms with Gasteiger partial charge in [0.1, 0.15) is 12.4 Å². The predicted molar refractivity (Wildman–Crippen MR) is 151 cm³/mol. The van der Waals surface area contributed by atoms with Crippen LogP contribution in [0.4, 0.5) is 5.69 Å². The molecule has 0 radical (unpaired) electrons. The SMILES string of the molecule is C=CCc1cc(/C=C2/SC(=Nc3ccc(OC)cc3)NC2=O)cc(OCC)c1OCc1ccc(Cl)cc1. The number of nitrogens with zero attached hydrogens (tertiary/aromatic N) is 1. The van der Waals surface area contributed by atoms with Crippen molar-refractivity contribution in [1.82, 2.24) is 5.32 Å². The number of amides is 1. The van der Waals surface area contributed by atoms with E-state index in [2.05, 4.69) is 16.9 Å². The highest BCUT2D eigenvalue weighted by Crippen LogP contribution is 2.37. The molecule has 0 spiro atoms. The molecule has 190 valence electrons. The molecule has 1 saturated heterocycles. The van der Waals surface area contributed by atoms with E-state index in [9.17, 15) is 4.79 Å². The fourth-order valence-corrected chi connectivity index (χ4v) is 4.61. The maximum atomic E-state index is 12.7. The van der Waals surface area contributed by atoms with Crippen LogP contribution in [-0.4, -0.2) is 24.8 Å². The van der Waals surface area contributed by atoms with Gasteiger partial charge in [0.2, 0.25) is 0 Å². The van der Waals surface area contributed by atoms with E-state index in [1.807, 2.05) is 79.7 Å². The van der Waals surface area contributed by atoms with E-state index in [0.717, 1.165) is 28.1 Å². The molecule has 0 saturated carbocycles. The van der Waals surface area contributed by atoms with Crippen molar-refractivity contribution in [1.29, 1.82) is 0 Å². The molecular weight excluding hydrogens is 508 g/mol. The quantitative estimate of drug-likeness (QED) is 0.225. The van der Waals surface area contributed by atoms with Crippen LogP contribution in [0.5, 0.6) is 17.2 Å². The molecule has 0 aliphatic carbocycles. The van der Waals surface area contributed by atoms with E-state index >= 15 is 0 Å². The average molecular weight is 535 g/mol. The number of rotatable bonds is 10. The summed E-state index contributed by atoms with van der Waals surface area (Å²) in [5, 5.41) is 4.02. The van der Waals surface area contributed by atoms with Gasteiger partial charge < -0.3 is 19.5 Å². The summed E-state index contributed by atoms with van der Waals surface area (Å²) in [5.74, 6) is 1.81. The number of thioether (sulfide) groups is 1. The van der Waals surface area contributed by atoms with Gasteiger partial charge >= 0.3 is 0 Å². The first-order valence-corrected chi connectivity index (χ1v) is 12.9. The van der Waals surface area contributed by atoms with Crippen molar-refractivity contribution in [2.75, 3.05) is 13.7 Å². The van der Waals surface area contributed by atoms with Gasteiger partial charge in [0, 0.05) is 10.6 Å². The molecule has 6 nitrogen and oxygen atoms in total. The average Bonchev–Trinajstić information content (AvgIpc) is 3.23. The highest BCUT2D eigenvalue weighted by molar-refractivity contribution is 8.18. The van der Waals surface area contributed by atoms with Gasteiger partial charge in [0.15, 0.2) is 16.7 Å². The number of halogens is 1. The van der Waals surface area contributed by atoms with E-state index in [1.54, 1.807) is 7.11 Å². The van der Waals surface area contributed by atoms with Crippen molar-refractivity contribution < 1.29 is 19.0 Å². The number of hydrogen-bond donors (Lipinski definition) is 1. The summed E-state index contributed by atoms with van der Waals surface area (Å²) in [5.41, 5.74) is 3.45. The minimum Gasteiger partial charge on any atom is -0.497 e. The Kier molecular flexibility index (Phi) is 8.93. The molecule has 1 heterocycles. The smallest absolute Gasteiger partial charge is 0.264 e. The fraction of sp³-hybridized carbons (Fsp3) is 0.172. The lowest BCUT2D eigenvalue weighted by molar-refractivity contribution is -0.115. The van der Waals surface area contributed by atoms with Crippen molar-refractivity contribution in [3.8, 4) is 17.2 Å². The summed E-state index contributed by atoms with van der Waals surface area (Å²) >= 11 is 7.29. The molecule has 0 aromatic heterocycles. The second kappa shape index (κ2) is 12.5. The number of benzene rings is 3. The summed E-state index contributed by atoms with van der Waals surface area (Å²) in [6, 6.07) is 18.7. The molecule has 1 aliphatic heterocycles. The molecular formula is C29H27ClN2O4S. The Morgan fingerprint density at radius 2 is 1.84 bits per heavy atom. The summed E-state index contributed by atoms with van der Waals surface area (Å²) in [7, 11) is 1.61. The standard InChI is InChI=1S/C29H27ClN2O4S/c1-4-6-21-15-20(16-25(35-5-2)27(21)36-18-19-7-9-22(30)10-8-19)17-26-28(33)32-29(37-26)31-23-11-13-24(34-3)14-12-23/h4,7-17H,1,5-6,18H2,2-3H3,(H,31,32,33)/b26-17+. The first-order chi connectivity index (χ1) is 18.0. The number of hydrogen-bond acceptors (Lipinski definition) is 6. The number of nitrogens with one attached hydrogen (secondary N) is 1. The zero-order valence-electron chi connectivity index (χ0n) is 20.6. The van der Waals surface area contributed by atoms with E-state index in [-0.39, 0.29) is 5.91 Å². The second-order valence-electron chi connectivity index (χ2n) is 8.03. The second-order valence-corrected chi connectivity index (χ2v) is 9.50. The van der Waals surface area contributed by atoms with Crippen LogP contribution in [0.2, 0.25) is 5.02 Å². The molecule has 4 rings (SSSR count). The van der Waals surface area contributed by atoms with Crippen molar-refractivity contribution in [2.45, 2.75) is 20.0 Å². The first-order valence-electron chi connectivity index (χ1n) is 11.7. The summed E-state index contributed by atoms with van der Waals surface area (Å²) in [6.45, 7) is 6.65. The van der Waals surface area contributed by atoms with E-state index in [4.69, 9.17) is 25.8 Å². The minimum absolute atomic E-state index is 0.205. The number of carbonyl (C=O) groups excluding carboxylic acids is 1. The Bertz CT molecular complexity index is 1340. The van der Waals surface area contributed by atoms with Crippen molar-refractivity contribution in [3.63, 3.8) is 0 Å². The van der Waals surface area contributed by atoms with Gasteiger partial charge in [-0.1, -0.05) is 29.8 Å². The minimum atomic E-state index is -0.205. The molecule has 0 bridgehead atoms. The Hall–Kier alpha value is -3.68. The molecule has 0 unspecified atom stereocenters. The van der Waals surface area contributed by atoms with E-state index in [0.29, 0.717) is 46.2 Å². The van der Waals surface area contributed by atoms with Gasteiger partial charge in [0.25, 0.3) is 5.91 Å². The van der Waals surface area contributed by atoms with E-state index in [1.165, 1.54) is 11.8 Å². The monoisotopic (exact) mass is 534 g/mol. The highest BCUT2D eigenvalue weighted by Gasteiger charge is 2.24. The summed E-state index contributed by atoms with van der Waals surface area (Å²) in [4.78, 5) is 17.7. The molecule has 3 aromatic carbocycles. The van der Waals surface area contributed by atoms with Crippen LogP contribution in [-0.2, 0) is 17.8 Å². The molecule has 1 amide bonds. The predicted octanol–water partition coefficient (Wildman–Crippen LogP) is 6.95. The number of aliphatic imine (C=N–C) groups is 1. The number of allylic oxidation sites excluding steroid dienone is 1. The summed E-state index contributed by atoms with van der Waals surface area (Å²) in [6.07, 6.45) is 4.22. The lowest BCUT2D eigenvalue weighted by atomic mass is 10.0. The van der Waals surface area contributed by atoms with Crippen LogP contribution in [0.25, 0.3) is 6.08 Å². The normalized spacial score (nSPS) is 15.1. The zero-order valence-corrected chi connectivity index (χ0v) is 22.2. The van der Waals surface area contributed by atoms with Gasteiger partial charge in [-0.2, -0.15) is 0 Å². The van der Waals surface area contributed by atoms with Gasteiger partial charge in [-0.15, -0.1) is 6.58 Å². The third-order valence-electron chi connectivity index (χ3n) is 5.37. The lowest BCUT2D eigenvalue weighted by Gasteiger charge is -2.17. The molecule has 1 fully saturated rings. The highest BCUT2D eigenvalue weighted by atomic mass is 35.5. The molecule has 8 heteroatoms. The molecule has 3 aromatic rings. The number of ether oxygens (including phenoxy) is 3. The van der Waals surface area contributed by atoms with Crippen LogP contribution in [0, 0.1) is 0 Å². The first kappa shape index (κ1) is 26.4. The van der Waals surface area contributed by atoms with Crippen molar-refractivity contribution >= 4 is 46.2 Å². The van der Waals surface area contributed by atoms with Gasteiger partial charge in [-0.05, 0) is 90.8 Å². The van der Waals surface area contributed by atoms with Crippen LogP contribution in [0.1, 0.15) is 23.6 Å². The van der Waals surface area contributed by atoms with E-state index < -0.39 is 0 Å². The van der Waals surface area contributed by atoms with Gasteiger partial charge in [0.05, 0.1) is 24.3 Å². The molecule has 1 N–H and O–H groups in total. The van der Waals surface area contributed by atoms with Crippen molar-refractivity contribution in [2.24, 2.45) is 4.99 Å². The Balaban J connectivity index is 1.59. The third-order valence-corrected chi connectivity index (χ3v) is 6.53. The molecule has 1 aliphatic rings. The maximum absolute atomic E-state index is 12.7. The third kappa shape index (κ3) is 6.96. The Morgan fingerprint density at radius 3 is 2.51 bits per heavy atom. The van der Waals surface area contributed by atoms with Crippen molar-refractivity contribution in [3.05, 3.63) is 99.9 Å². The van der Waals surface area contributed by atoms with Gasteiger partial charge in [-0.3, -0.25) is 4.79 Å². The van der Waals surface area contributed by atoms with Crippen LogP contribution < -0.4 is 19.5 Å². The summed E-state index contributed by atoms with van der Waals surface area (Å²) < 4.78 is 17.3. The Labute approximate surface area is 226 Å². The lowest BCUT2D eigenvalue weighted by Crippen LogP contribution is -2.19. The fourth-order valence-electron chi connectivity index (χ4n) is 3.64. The number of methoxy groups -OCH3 is 1. The van der Waals surface area contributed by atoms with Crippen LogP contribution in [0.15, 0.2) is 83.2 Å². The van der Waals surface area contributed by atoms with Gasteiger partial charge in [-0.25, -0.2) is 4.99 Å². The van der Waals surface area contributed by atoms with Crippen LogP contribution >= 0.6 is 23.4 Å². The van der Waals surface area contributed by atoms with Crippen LogP contribution in [0.3, 0.4) is 0 Å². The zero-order chi connectivity index (χ0) is 26.2. The largest absolute Gasteiger partial charge is 0.497 e. The Morgan fingerprint density at radius 1 is 1.08 bits per heavy atom. The number of amidine groups is 1. The number of carbonyl (C=O) groups is 1. The maximum Gasteiger partial charge on any atom is 0.264 e. The topological polar surface area (TPSA) is 69.2 Å². The molecule has 37 heavy (non-hydrogen) atoms.